The lowest BCUT2D eigenvalue weighted by Crippen LogP contribution is -2.42. The van der Waals surface area contributed by atoms with Gasteiger partial charge in [0.15, 0.2) is 0 Å². The maximum atomic E-state index is 11.9. The van der Waals surface area contributed by atoms with E-state index < -0.39 is 0 Å². The van der Waals surface area contributed by atoms with Gasteiger partial charge >= 0.3 is 0 Å². The predicted molar refractivity (Wildman–Crippen MR) is 82.1 cm³/mol. The molecule has 6 heteroatoms. The third kappa shape index (κ3) is 3.68. The summed E-state index contributed by atoms with van der Waals surface area (Å²) in [7, 11) is 0. The van der Waals surface area contributed by atoms with Crippen LogP contribution in [0.2, 0.25) is 0 Å². The van der Waals surface area contributed by atoms with E-state index in [9.17, 15) is 9.59 Å². The molecular formula is C14H16N2O2S2. The highest BCUT2D eigenvalue weighted by atomic mass is 32.1. The lowest BCUT2D eigenvalue weighted by molar-refractivity contribution is -0.121. The molecule has 2 heterocycles. The lowest BCUT2D eigenvalue weighted by atomic mass is 10.2. The van der Waals surface area contributed by atoms with Gasteiger partial charge in [-0.3, -0.25) is 20.4 Å². The predicted octanol–water partition coefficient (Wildman–Crippen LogP) is 2.68. The molecule has 2 amide bonds. The first-order chi connectivity index (χ1) is 9.60. The second-order valence-corrected chi connectivity index (χ2v) is 6.30. The average molecular weight is 308 g/mol. The van der Waals surface area contributed by atoms with E-state index in [1.54, 1.807) is 11.3 Å². The number of carbonyl (C=O) groups excluding carboxylic acids is 2. The summed E-state index contributed by atoms with van der Waals surface area (Å²) < 4.78 is 0. The molecule has 106 valence electrons. The van der Waals surface area contributed by atoms with Gasteiger partial charge in [-0.15, -0.1) is 11.3 Å². The summed E-state index contributed by atoms with van der Waals surface area (Å²) in [5.74, 6) is -0.489. The van der Waals surface area contributed by atoms with Gasteiger partial charge in [0.1, 0.15) is 0 Å². The molecule has 0 aromatic carbocycles. The van der Waals surface area contributed by atoms with Gasteiger partial charge in [-0.25, -0.2) is 0 Å². The maximum absolute atomic E-state index is 11.9. The minimum absolute atomic E-state index is 0.222. The number of aryl methyl sites for hydroxylation is 2. The number of carbonyl (C=O) groups is 2. The molecule has 2 aromatic rings. The second kappa shape index (κ2) is 6.67. The number of thiophene rings is 2. The monoisotopic (exact) mass is 308 g/mol. The minimum atomic E-state index is -0.267. The van der Waals surface area contributed by atoms with Gasteiger partial charge in [0.25, 0.3) is 5.91 Å². The molecule has 0 fully saturated rings. The van der Waals surface area contributed by atoms with Gasteiger partial charge in [0.05, 0.1) is 11.3 Å². The summed E-state index contributed by atoms with van der Waals surface area (Å²) in [6.45, 7) is 4.05. The van der Waals surface area contributed by atoms with Gasteiger partial charge in [-0.05, 0) is 47.4 Å². The Morgan fingerprint density at radius 1 is 1.30 bits per heavy atom. The van der Waals surface area contributed by atoms with Crippen LogP contribution in [0.4, 0.5) is 0 Å². The minimum Gasteiger partial charge on any atom is -0.273 e. The summed E-state index contributed by atoms with van der Waals surface area (Å²) in [5.41, 5.74) is 6.95. The zero-order valence-corrected chi connectivity index (χ0v) is 13.0. The van der Waals surface area contributed by atoms with E-state index >= 15 is 0 Å². The molecule has 0 saturated carbocycles. The normalized spacial score (nSPS) is 10.3. The maximum Gasteiger partial charge on any atom is 0.279 e. The zero-order chi connectivity index (χ0) is 14.5. The van der Waals surface area contributed by atoms with Crippen molar-refractivity contribution in [3.63, 3.8) is 0 Å². The highest BCUT2D eigenvalue weighted by Crippen LogP contribution is 2.21. The van der Waals surface area contributed by atoms with Crippen LogP contribution in [-0.4, -0.2) is 11.8 Å². The van der Waals surface area contributed by atoms with E-state index in [4.69, 9.17) is 0 Å². The number of hydrogen-bond acceptors (Lipinski definition) is 4. The van der Waals surface area contributed by atoms with Crippen molar-refractivity contribution in [3.8, 4) is 0 Å². The average Bonchev–Trinajstić information content (AvgIpc) is 3.05. The number of rotatable bonds is 4. The molecule has 0 radical (unpaired) electrons. The summed E-state index contributed by atoms with van der Waals surface area (Å²) in [6, 6.07) is 3.74. The van der Waals surface area contributed by atoms with Gasteiger partial charge in [-0.2, -0.15) is 11.3 Å². The van der Waals surface area contributed by atoms with E-state index in [0.29, 0.717) is 4.88 Å². The standard InChI is InChI=1S/C14H16N2O2S2/c1-3-11-9(2)6-12(20-11)14(18)16-15-13(17)7-10-4-5-19-8-10/h4-6,8H,3,7H2,1-2H3,(H,15,17)(H,16,18). The fourth-order valence-corrected chi connectivity index (χ4v) is 3.47. The Morgan fingerprint density at radius 2 is 2.10 bits per heavy atom. The number of hydrazine groups is 1. The topological polar surface area (TPSA) is 58.2 Å². The van der Waals surface area contributed by atoms with E-state index in [1.807, 2.05) is 29.8 Å². The van der Waals surface area contributed by atoms with Crippen molar-refractivity contribution in [2.45, 2.75) is 26.7 Å². The number of nitrogens with one attached hydrogen (secondary N) is 2. The Kier molecular flexibility index (Phi) is 4.92. The molecule has 20 heavy (non-hydrogen) atoms. The quantitative estimate of drug-likeness (QED) is 0.853. The smallest absolute Gasteiger partial charge is 0.273 e. The molecule has 4 nitrogen and oxygen atoms in total. The highest BCUT2D eigenvalue weighted by molar-refractivity contribution is 7.14. The van der Waals surface area contributed by atoms with Crippen molar-refractivity contribution in [3.05, 3.63) is 43.8 Å². The van der Waals surface area contributed by atoms with Crippen LogP contribution in [0.3, 0.4) is 0 Å². The van der Waals surface area contributed by atoms with Crippen molar-refractivity contribution in [1.29, 1.82) is 0 Å². The number of amides is 2. The zero-order valence-electron chi connectivity index (χ0n) is 11.4. The molecular weight excluding hydrogens is 292 g/mol. The molecule has 2 N–H and O–H groups in total. The van der Waals surface area contributed by atoms with Gasteiger partial charge in [0.2, 0.25) is 5.91 Å². The van der Waals surface area contributed by atoms with Crippen LogP contribution >= 0.6 is 22.7 Å². The van der Waals surface area contributed by atoms with Crippen LogP contribution in [0.1, 0.15) is 32.6 Å². The largest absolute Gasteiger partial charge is 0.279 e. The van der Waals surface area contributed by atoms with Crippen LogP contribution in [0.15, 0.2) is 22.9 Å². The van der Waals surface area contributed by atoms with Crippen LogP contribution in [0, 0.1) is 6.92 Å². The molecule has 2 aromatic heterocycles. The summed E-state index contributed by atoms with van der Waals surface area (Å²) >= 11 is 3.01. The van der Waals surface area contributed by atoms with Crippen molar-refractivity contribution in [1.82, 2.24) is 10.9 Å². The van der Waals surface area contributed by atoms with Crippen molar-refractivity contribution in [2.24, 2.45) is 0 Å². The molecule has 0 spiro atoms. The first-order valence-electron chi connectivity index (χ1n) is 6.29. The number of hydrogen-bond donors (Lipinski definition) is 2. The first kappa shape index (κ1) is 14.7. The Balaban J connectivity index is 1.86. The van der Waals surface area contributed by atoms with Gasteiger partial charge in [0, 0.05) is 4.88 Å². The van der Waals surface area contributed by atoms with E-state index in [0.717, 1.165) is 17.5 Å². The molecule has 0 unspecified atom stereocenters. The molecule has 0 aliphatic heterocycles. The first-order valence-corrected chi connectivity index (χ1v) is 8.05. The Bertz CT molecular complexity index is 603. The molecule has 0 atom stereocenters. The Labute approximate surface area is 125 Å². The Hall–Kier alpha value is -1.66. The SMILES string of the molecule is CCc1sc(C(=O)NNC(=O)Cc2ccsc2)cc1C. The van der Waals surface area contributed by atoms with Crippen LogP contribution in [0.5, 0.6) is 0 Å². The van der Waals surface area contributed by atoms with Crippen LogP contribution in [-0.2, 0) is 17.6 Å². The molecule has 0 aliphatic carbocycles. The summed E-state index contributed by atoms with van der Waals surface area (Å²) in [5, 5.41) is 3.83. The van der Waals surface area contributed by atoms with Crippen molar-refractivity contribution >= 4 is 34.5 Å². The summed E-state index contributed by atoms with van der Waals surface area (Å²) in [6.07, 6.45) is 1.18. The van der Waals surface area contributed by atoms with E-state index in [2.05, 4.69) is 17.8 Å². The summed E-state index contributed by atoms with van der Waals surface area (Å²) in [4.78, 5) is 25.4. The molecule has 0 saturated heterocycles. The Morgan fingerprint density at radius 3 is 2.70 bits per heavy atom. The van der Waals surface area contributed by atoms with Crippen molar-refractivity contribution < 1.29 is 9.59 Å². The fourth-order valence-electron chi connectivity index (χ4n) is 1.79. The van der Waals surface area contributed by atoms with Crippen molar-refractivity contribution in [2.75, 3.05) is 0 Å². The van der Waals surface area contributed by atoms with Crippen LogP contribution < -0.4 is 10.9 Å². The second-order valence-electron chi connectivity index (χ2n) is 4.38. The van der Waals surface area contributed by atoms with Crippen LogP contribution in [0.25, 0.3) is 0 Å². The van der Waals surface area contributed by atoms with Gasteiger partial charge in [-0.1, -0.05) is 6.92 Å². The highest BCUT2D eigenvalue weighted by Gasteiger charge is 2.12. The third-order valence-electron chi connectivity index (χ3n) is 2.83. The lowest BCUT2D eigenvalue weighted by Gasteiger charge is -2.05. The fraction of sp³-hybridized carbons (Fsp3) is 0.286. The molecule has 0 aliphatic rings. The third-order valence-corrected chi connectivity index (χ3v) is 4.94. The molecule has 0 bridgehead atoms. The van der Waals surface area contributed by atoms with E-state index in [1.165, 1.54) is 16.2 Å². The van der Waals surface area contributed by atoms with E-state index in [-0.39, 0.29) is 18.2 Å². The van der Waals surface area contributed by atoms with Gasteiger partial charge < -0.3 is 0 Å². The molecule has 2 rings (SSSR count).